The number of anilines is 2. The Labute approximate surface area is 123 Å². The third-order valence-electron chi connectivity index (χ3n) is 2.54. The van der Waals surface area contributed by atoms with Crippen molar-refractivity contribution in [1.82, 2.24) is 14.8 Å². The quantitative estimate of drug-likeness (QED) is 0.819. The molecule has 6 nitrogen and oxygen atoms in total. The maximum atomic E-state index is 12.2. The minimum absolute atomic E-state index is 0.203. The molecule has 0 aromatic carbocycles. The van der Waals surface area contributed by atoms with E-state index in [0.717, 1.165) is 0 Å². The maximum absolute atomic E-state index is 12.2. The molecule has 2 heterocycles. The van der Waals surface area contributed by atoms with E-state index in [1.165, 1.54) is 4.68 Å². The van der Waals surface area contributed by atoms with Crippen LogP contribution in [0.15, 0.2) is 16.7 Å². The van der Waals surface area contributed by atoms with Crippen molar-refractivity contribution in [3.8, 4) is 0 Å². The molecule has 2 aromatic heterocycles. The lowest BCUT2D eigenvalue weighted by molar-refractivity contribution is 0.101. The third-order valence-corrected chi connectivity index (χ3v) is 3.27. The molecular weight excluding hydrogens is 334 g/mol. The first-order chi connectivity index (χ1) is 8.90. The molecule has 1 amide bonds. The first-order valence-electron chi connectivity index (χ1n) is 5.31. The van der Waals surface area contributed by atoms with Crippen LogP contribution in [0.3, 0.4) is 0 Å². The molecule has 0 aliphatic carbocycles. The van der Waals surface area contributed by atoms with Gasteiger partial charge in [0, 0.05) is 17.7 Å². The Morgan fingerprint density at radius 1 is 1.58 bits per heavy atom. The SMILES string of the molecule is Cc1nn(C)c(C(=O)Nc2cc(Br)cnc2Cl)c1N. The smallest absolute Gasteiger partial charge is 0.276 e. The first-order valence-corrected chi connectivity index (χ1v) is 6.48. The molecule has 19 heavy (non-hydrogen) atoms. The Balaban J connectivity index is 2.33. The molecule has 0 unspecified atom stereocenters. The molecule has 2 aromatic rings. The average Bonchev–Trinajstić information content (AvgIpc) is 2.58. The molecule has 3 N–H and O–H groups in total. The van der Waals surface area contributed by atoms with Gasteiger partial charge in [0.25, 0.3) is 5.91 Å². The fraction of sp³-hybridized carbons (Fsp3) is 0.182. The predicted octanol–water partition coefficient (Wildman–Crippen LogP) is 2.37. The number of hydrogen-bond donors (Lipinski definition) is 2. The van der Waals surface area contributed by atoms with Crippen LogP contribution in [0.4, 0.5) is 11.4 Å². The molecule has 0 saturated heterocycles. The first kappa shape index (κ1) is 13.8. The van der Waals surface area contributed by atoms with Crippen molar-refractivity contribution in [2.45, 2.75) is 6.92 Å². The van der Waals surface area contributed by atoms with E-state index in [1.54, 1.807) is 26.2 Å². The number of aryl methyl sites for hydroxylation is 2. The van der Waals surface area contributed by atoms with Crippen molar-refractivity contribution in [2.24, 2.45) is 7.05 Å². The lowest BCUT2D eigenvalue weighted by Gasteiger charge is -2.07. The van der Waals surface area contributed by atoms with Gasteiger partial charge in [0.2, 0.25) is 0 Å². The summed E-state index contributed by atoms with van der Waals surface area (Å²) in [6.45, 7) is 1.74. The van der Waals surface area contributed by atoms with Gasteiger partial charge in [-0.3, -0.25) is 9.48 Å². The van der Waals surface area contributed by atoms with Gasteiger partial charge in [-0.1, -0.05) is 11.6 Å². The van der Waals surface area contributed by atoms with Crippen molar-refractivity contribution in [1.29, 1.82) is 0 Å². The number of hydrogen-bond acceptors (Lipinski definition) is 4. The monoisotopic (exact) mass is 343 g/mol. The van der Waals surface area contributed by atoms with Gasteiger partial charge < -0.3 is 11.1 Å². The number of rotatable bonds is 2. The molecule has 0 atom stereocenters. The van der Waals surface area contributed by atoms with Crippen LogP contribution in [0, 0.1) is 6.92 Å². The highest BCUT2D eigenvalue weighted by Gasteiger charge is 2.19. The summed E-state index contributed by atoms with van der Waals surface area (Å²) >= 11 is 9.17. The Morgan fingerprint density at radius 3 is 2.84 bits per heavy atom. The van der Waals surface area contributed by atoms with Crippen LogP contribution in [-0.4, -0.2) is 20.7 Å². The molecular formula is C11H11BrClN5O. The second kappa shape index (κ2) is 5.18. The number of halogens is 2. The summed E-state index contributed by atoms with van der Waals surface area (Å²) in [5.41, 5.74) is 7.46. The second-order valence-corrected chi connectivity index (χ2v) is 5.19. The Bertz CT molecular complexity index is 655. The lowest BCUT2D eigenvalue weighted by Crippen LogP contribution is -2.18. The number of nitrogens with two attached hydrogens (primary N) is 1. The number of pyridine rings is 1. The zero-order valence-corrected chi connectivity index (χ0v) is 12.6. The molecule has 0 saturated carbocycles. The maximum Gasteiger partial charge on any atom is 0.276 e. The molecule has 0 fully saturated rings. The van der Waals surface area contributed by atoms with Gasteiger partial charge in [-0.25, -0.2) is 4.98 Å². The number of amides is 1. The zero-order chi connectivity index (χ0) is 14.2. The highest BCUT2D eigenvalue weighted by Crippen LogP contribution is 2.24. The normalized spacial score (nSPS) is 10.5. The lowest BCUT2D eigenvalue weighted by atomic mass is 10.3. The van der Waals surface area contributed by atoms with Crippen molar-refractivity contribution >= 4 is 44.8 Å². The van der Waals surface area contributed by atoms with E-state index in [2.05, 4.69) is 31.3 Å². The number of nitrogen functional groups attached to an aromatic ring is 1. The summed E-state index contributed by atoms with van der Waals surface area (Å²) in [6.07, 6.45) is 1.54. The fourth-order valence-electron chi connectivity index (χ4n) is 1.64. The molecule has 0 spiro atoms. The number of nitrogens with one attached hydrogen (secondary N) is 1. The van der Waals surface area contributed by atoms with Crippen LogP contribution in [0.2, 0.25) is 5.15 Å². The topological polar surface area (TPSA) is 85.8 Å². The van der Waals surface area contributed by atoms with Gasteiger partial charge in [-0.05, 0) is 28.9 Å². The van der Waals surface area contributed by atoms with E-state index < -0.39 is 0 Å². The number of aromatic nitrogens is 3. The number of carbonyl (C=O) groups is 1. The molecule has 0 aliphatic rings. The Hall–Kier alpha value is -1.60. The van der Waals surface area contributed by atoms with Crippen LogP contribution in [0.1, 0.15) is 16.2 Å². The molecule has 0 aliphatic heterocycles. The van der Waals surface area contributed by atoms with Crippen molar-refractivity contribution in [3.05, 3.63) is 33.3 Å². The van der Waals surface area contributed by atoms with Gasteiger partial charge in [-0.2, -0.15) is 5.10 Å². The summed E-state index contributed by atoms with van der Waals surface area (Å²) in [5, 5.41) is 6.95. The largest absolute Gasteiger partial charge is 0.395 e. The summed E-state index contributed by atoms with van der Waals surface area (Å²) in [5.74, 6) is -0.387. The van der Waals surface area contributed by atoms with Crippen LogP contribution in [0.5, 0.6) is 0 Å². The van der Waals surface area contributed by atoms with E-state index in [1.807, 2.05) is 0 Å². The molecule has 8 heteroatoms. The summed E-state index contributed by atoms with van der Waals surface area (Å²) in [4.78, 5) is 16.1. The van der Waals surface area contributed by atoms with E-state index in [0.29, 0.717) is 21.5 Å². The van der Waals surface area contributed by atoms with Crippen molar-refractivity contribution in [3.63, 3.8) is 0 Å². The number of nitrogens with zero attached hydrogens (tertiary/aromatic N) is 3. The van der Waals surface area contributed by atoms with E-state index in [9.17, 15) is 4.79 Å². The minimum Gasteiger partial charge on any atom is -0.395 e. The Kier molecular flexibility index (Phi) is 3.77. The minimum atomic E-state index is -0.387. The Morgan fingerprint density at radius 2 is 2.26 bits per heavy atom. The van der Waals surface area contributed by atoms with Gasteiger partial charge in [0.05, 0.1) is 17.1 Å². The van der Waals surface area contributed by atoms with E-state index in [4.69, 9.17) is 17.3 Å². The second-order valence-electron chi connectivity index (χ2n) is 3.92. The van der Waals surface area contributed by atoms with Gasteiger partial charge in [-0.15, -0.1) is 0 Å². The summed E-state index contributed by atoms with van der Waals surface area (Å²) in [7, 11) is 1.65. The van der Waals surface area contributed by atoms with Crippen LogP contribution >= 0.6 is 27.5 Å². The van der Waals surface area contributed by atoms with Crippen molar-refractivity contribution in [2.75, 3.05) is 11.1 Å². The van der Waals surface area contributed by atoms with Gasteiger partial charge in [0.15, 0.2) is 5.15 Å². The van der Waals surface area contributed by atoms with Crippen LogP contribution in [0.25, 0.3) is 0 Å². The van der Waals surface area contributed by atoms with E-state index >= 15 is 0 Å². The van der Waals surface area contributed by atoms with Gasteiger partial charge in [0.1, 0.15) is 5.69 Å². The van der Waals surface area contributed by atoms with Crippen LogP contribution in [-0.2, 0) is 7.05 Å². The average molecular weight is 345 g/mol. The van der Waals surface area contributed by atoms with E-state index in [-0.39, 0.29) is 16.8 Å². The molecule has 2 rings (SSSR count). The van der Waals surface area contributed by atoms with Crippen molar-refractivity contribution < 1.29 is 4.79 Å². The highest BCUT2D eigenvalue weighted by molar-refractivity contribution is 9.10. The van der Waals surface area contributed by atoms with Crippen LogP contribution < -0.4 is 11.1 Å². The number of carbonyl (C=O) groups excluding carboxylic acids is 1. The highest BCUT2D eigenvalue weighted by atomic mass is 79.9. The summed E-state index contributed by atoms with van der Waals surface area (Å²) in [6, 6.07) is 1.66. The molecule has 100 valence electrons. The fourth-order valence-corrected chi connectivity index (χ4v) is 2.12. The third kappa shape index (κ3) is 2.71. The zero-order valence-electron chi connectivity index (χ0n) is 10.2. The standard InChI is InChI=1S/C11H11BrClN5O/c1-5-8(14)9(18(2)17-5)11(19)16-7-3-6(12)4-15-10(7)13/h3-4H,14H2,1-2H3,(H,16,19). The summed E-state index contributed by atoms with van der Waals surface area (Å²) < 4.78 is 2.14. The molecule has 0 radical (unpaired) electrons. The van der Waals surface area contributed by atoms with Gasteiger partial charge >= 0.3 is 0 Å². The molecule has 0 bridgehead atoms. The predicted molar refractivity (Wildman–Crippen MR) is 77.3 cm³/mol.